The first-order chi connectivity index (χ1) is 21.8. The largest absolute Gasteiger partial charge is 0.455 e. The quantitative estimate of drug-likeness (QED) is 0.290. The number of amides is 4. The van der Waals surface area contributed by atoms with E-state index < -0.39 is 23.8 Å². The molecule has 0 bridgehead atoms. The summed E-state index contributed by atoms with van der Waals surface area (Å²) >= 11 is 0. The smallest absolute Gasteiger partial charge is 0.254 e. The number of fused-ring (bicyclic) bond motifs is 1. The molecule has 0 unspecified atom stereocenters. The lowest BCUT2D eigenvalue weighted by Gasteiger charge is -2.27. The van der Waals surface area contributed by atoms with Crippen molar-refractivity contribution in [3.63, 3.8) is 0 Å². The van der Waals surface area contributed by atoms with Crippen LogP contribution in [0.25, 0.3) is 0 Å². The van der Waals surface area contributed by atoms with E-state index in [0.29, 0.717) is 5.75 Å². The molecule has 0 aliphatic carbocycles. The van der Waals surface area contributed by atoms with Crippen molar-refractivity contribution in [1.82, 2.24) is 10.2 Å². The highest BCUT2D eigenvalue weighted by atomic mass is 16.5. The molecule has 2 aliphatic rings. The number of piperidine rings is 1. The van der Waals surface area contributed by atoms with E-state index in [9.17, 15) is 19.2 Å². The summed E-state index contributed by atoms with van der Waals surface area (Å²) in [6.07, 6.45) is 3.38. The Kier molecular flexibility index (Phi) is 10.3. The topological polar surface area (TPSA) is 129 Å². The van der Waals surface area contributed by atoms with Gasteiger partial charge in [-0.2, -0.15) is 0 Å². The molecule has 11 heteroatoms. The maximum absolute atomic E-state index is 13.4. The van der Waals surface area contributed by atoms with Gasteiger partial charge in [-0.15, -0.1) is 0 Å². The van der Waals surface area contributed by atoms with Gasteiger partial charge in [-0.25, -0.2) is 0 Å². The number of rotatable bonds is 11. The van der Waals surface area contributed by atoms with Crippen molar-refractivity contribution in [2.24, 2.45) is 0 Å². The lowest BCUT2D eigenvalue weighted by atomic mass is 10.1. The molecule has 0 aromatic heterocycles. The lowest BCUT2D eigenvalue weighted by molar-refractivity contribution is -0.132. The molecular formula is C34H39N5O6. The predicted molar refractivity (Wildman–Crippen MR) is 172 cm³/mol. The summed E-state index contributed by atoms with van der Waals surface area (Å²) in [5.74, 6) is -0.683. The Hall–Kier alpha value is -4.90. The first-order valence-corrected chi connectivity index (χ1v) is 15.2. The first kappa shape index (κ1) is 31.5. The molecule has 2 aliphatic heterocycles. The van der Waals surface area contributed by atoms with E-state index in [1.54, 1.807) is 6.07 Å². The number of hydrogen-bond acceptors (Lipinski definition) is 7. The summed E-state index contributed by atoms with van der Waals surface area (Å²) in [5, 5.41) is 8.39. The number of likely N-dealkylation sites (tertiary alicyclic amines) is 1. The average Bonchev–Trinajstić information content (AvgIpc) is 3.15. The monoisotopic (exact) mass is 613 g/mol. The van der Waals surface area contributed by atoms with Gasteiger partial charge in [0, 0.05) is 45.4 Å². The molecule has 45 heavy (non-hydrogen) atoms. The summed E-state index contributed by atoms with van der Waals surface area (Å²) in [4.78, 5) is 56.0. The fraction of sp³-hybridized carbons (Fsp3) is 0.353. The van der Waals surface area contributed by atoms with Gasteiger partial charge >= 0.3 is 0 Å². The van der Waals surface area contributed by atoms with Gasteiger partial charge in [-0.1, -0.05) is 36.4 Å². The molecule has 2 heterocycles. The van der Waals surface area contributed by atoms with E-state index in [1.807, 2.05) is 72.4 Å². The predicted octanol–water partition coefficient (Wildman–Crippen LogP) is 4.54. The second-order valence-electron chi connectivity index (χ2n) is 11.4. The van der Waals surface area contributed by atoms with Crippen molar-refractivity contribution < 1.29 is 28.7 Å². The summed E-state index contributed by atoms with van der Waals surface area (Å²) in [7, 11) is 3.82. The van der Waals surface area contributed by atoms with Crippen LogP contribution in [0.3, 0.4) is 0 Å². The van der Waals surface area contributed by atoms with Crippen LogP contribution < -0.4 is 25.6 Å². The number of benzene rings is 3. The number of anilines is 3. The van der Waals surface area contributed by atoms with Crippen LogP contribution in [0, 0.1) is 0 Å². The fourth-order valence-corrected chi connectivity index (χ4v) is 5.32. The van der Waals surface area contributed by atoms with Gasteiger partial charge in [0.15, 0.2) is 5.75 Å². The van der Waals surface area contributed by atoms with E-state index in [2.05, 4.69) is 16.0 Å². The van der Waals surface area contributed by atoms with Crippen LogP contribution in [0.5, 0.6) is 11.5 Å². The van der Waals surface area contributed by atoms with E-state index in [4.69, 9.17) is 9.47 Å². The van der Waals surface area contributed by atoms with Crippen molar-refractivity contribution in [2.75, 3.05) is 49.3 Å². The molecule has 1 saturated heterocycles. The molecule has 5 rings (SSSR count). The van der Waals surface area contributed by atoms with E-state index in [0.717, 1.165) is 43.6 Å². The molecule has 1 fully saturated rings. The average molecular weight is 614 g/mol. The Bertz CT molecular complexity index is 1540. The summed E-state index contributed by atoms with van der Waals surface area (Å²) in [6.45, 7) is 1.48. The van der Waals surface area contributed by atoms with Crippen molar-refractivity contribution in [1.29, 1.82) is 0 Å². The molecule has 3 N–H and O–H groups in total. The Morgan fingerprint density at radius 1 is 0.978 bits per heavy atom. The molecule has 0 radical (unpaired) electrons. The van der Waals surface area contributed by atoms with Gasteiger partial charge in [-0.05, 0) is 55.5 Å². The van der Waals surface area contributed by atoms with E-state index >= 15 is 0 Å². The van der Waals surface area contributed by atoms with Crippen LogP contribution in [-0.2, 0) is 25.7 Å². The molecule has 236 valence electrons. The maximum atomic E-state index is 13.4. The van der Waals surface area contributed by atoms with Crippen LogP contribution in [0.15, 0.2) is 66.7 Å². The van der Waals surface area contributed by atoms with Crippen LogP contribution in [0.1, 0.15) is 48.0 Å². The minimum absolute atomic E-state index is 0.0198. The highest BCUT2D eigenvalue weighted by Gasteiger charge is 2.30. The summed E-state index contributed by atoms with van der Waals surface area (Å²) < 4.78 is 11.8. The number of hydrogen-bond donors (Lipinski definition) is 3. The number of nitrogens with zero attached hydrogens (tertiary/aromatic N) is 2. The fourth-order valence-electron chi connectivity index (χ4n) is 5.32. The zero-order valence-electron chi connectivity index (χ0n) is 25.6. The molecular weight excluding hydrogens is 574 g/mol. The first-order valence-electron chi connectivity index (χ1n) is 15.2. The molecule has 3 aromatic carbocycles. The summed E-state index contributed by atoms with van der Waals surface area (Å²) in [5.41, 5.74) is 2.47. The molecule has 1 atom stereocenters. The van der Waals surface area contributed by atoms with Gasteiger partial charge in [0.1, 0.15) is 18.4 Å². The highest BCUT2D eigenvalue weighted by molar-refractivity contribution is 6.11. The van der Waals surface area contributed by atoms with Gasteiger partial charge in [0.2, 0.25) is 17.7 Å². The number of carbonyl (C=O) groups is 4. The Morgan fingerprint density at radius 2 is 1.76 bits per heavy atom. The van der Waals surface area contributed by atoms with Crippen molar-refractivity contribution in [2.45, 2.75) is 44.8 Å². The normalized spacial score (nSPS) is 16.1. The molecule has 3 aromatic rings. The maximum Gasteiger partial charge on any atom is 0.254 e. The third-order valence-corrected chi connectivity index (χ3v) is 7.78. The van der Waals surface area contributed by atoms with Crippen LogP contribution >= 0.6 is 0 Å². The third-order valence-electron chi connectivity index (χ3n) is 7.78. The highest BCUT2D eigenvalue weighted by Crippen LogP contribution is 2.37. The van der Waals surface area contributed by atoms with Crippen LogP contribution in [0.4, 0.5) is 17.1 Å². The van der Waals surface area contributed by atoms with Gasteiger partial charge in [0.05, 0.1) is 23.5 Å². The van der Waals surface area contributed by atoms with Gasteiger partial charge in [0.25, 0.3) is 5.91 Å². The van der Waals surface area contributed by atoms with Gasteiger partial charge < -0.3 is 35.2 Å². The Morgan fingerprint density at radius 3 is 2.51 bits per heavy atom. The third kappa shape index (κ3) is 8.39. The van der Waals surface area contributed by atoms with Crippen molar-refractivity contribution in [3.05, 3.63) is 77.9 Å². The number of carbonyl (C=O) groups excluding carboxylic acids is 4. The lowest BCUT2D eigenvalue weighted by Crippen LogP contribution is -2.42. The number of ether oxygens (including phenoxy) is 2. The minimum Gasteiger partial charge on any atom is -0.455 e. The van der Waals surface area contributed by atoms with Gasteiger partial charge in [-0.3, -0.25) is 19.2 Å². The molecule has 0 spiro atoms. The SMILES string of the molecule is CN(C)c1cccc(Oc2cc3c(cc2NC(=O)COCc2ccccc2)NC(=O)[C@@H](CCC(=O)N2CCCCC2)NC3=O)c1. The zero-order valence-corrected chi connectivity index (χ0v) is 25.6. The Labute approximate surface area is 262 Å². The molecule has 11 nitrogen and oxygen atoms in total. The number of nitrogens with one attached hydrogen (secondary N) is 3. The van der Waals surface area contributed by atoms with Crippen molar-refractivity contribution in [3.8, 4) is 11.5 Å². The van der Waals surface area contributed by atoms with Crippen LogP contribution in [0.2, 0.25) is 0 Å². The second-order valence-corrected chi connectivity index (χ2v) is 11.4. The standard InChI is InChI=1S/C34H39N5O6/c1-38(2)24-12-9-13-25(18-24)45-30-19-26-28(20-29(30)35-31(40)22-44-21-23-10-5-3-6-11-23)37-34(43)27(36-33(26)42)14-15-32(41)39-16-7-4-8-17-39/h3,5-6,9-13,18-20,27H,4,7-8,14-17,21-22H2,1-2H3,(H,35,40)(H,36,42)(H,37,43)/t27-/m1/s1. The summed E-state index contributed by atoms with van der Waals surface area (Å²) in [6, 6.07) is 19.0. The second kappa shape index (κ2) is 14.7. The molecule has 0 saturated carbocycles. The Balaban J connectivity index is 1.34. The van der Waals surface area contributed by atoms with Crippen LogP contribution in [-0.4, -0.2) is 68.4 Å². The molecule has 4 amide bonds. The zero-order chi connectivity index (χ0) is 31.8. The van der Waals surface area contributed by atoms with Crippen molar-refractivity contribution >= 4 is 40.7 Å². The minimum atomic E-state index is -0.899. The van der Waals surface area contributed by atoms with E-state index in [1.165, 1.54) is 12.1 Å². The van der Waals surface area contributed by atoms with E-state index in [-0.39, 0.29) is 54.7 Å².